The Morgan fingerprint density at radius 3 is 2.05 bits per heavy atom. The third-order valence-corrected chi connectivity index (χ3v) is 5.56. The molecule has 0 aliphatic heterocycles. The molecule has 242 valence electrons. The second-order valence-corrected chi connectivity index (χ2v) is 11.1. The number of anilines is 2. The quantitative estimate of drug-likeness (QED) is 0.0829. The highest BCUT2D eigenvalue weighted by atomic mass is 31.2. The van der Waals surface area contributed by atoms with Gasteiger partial charge < -0.3 is 60.9 Å². The molecule has 3 aromatic rings. The molecule has 1 atom stereocenters. The molecule has 23 nitrogen and oxygen atoms in total. The second-order valence-electron chi connectivity index (χ2n) is 8.00. The van der Waals surface area contributed by atoms with Crippen molar-refractivity contribution in [1.29, 1.82) is 0 Å². The molecule has 3 aromatic heterocycles. The summed E-state index contributed by atoms with van der Waals surface area (Å²) in [4.78, 5) is 78.2. The van der Waals surface area contributed by atoms with Crippen molar-refractivity contribution in [1.82, 2.24) is 29.1 Å². The molecule has 0 saturated carbocycles. The van der Waals surface area contributed by atoms with Gasteiger partial charge in [0.05, 0.1) is 38.8 Å². The average molecular weight is 660 g/mol. The first-order chi connectivity index (χ1) is 19.9. The Morgan fingerprint density at radius 1 is 0.977 bits per heavy atom. The zero-order valence-electron chi connectivity index (χ0n) is 21.9. The summed E-state index contributed by atoms with van der Waals surface area (Å²) >= 11 is 0. The Kier molecular flexibility index (Phi) is 14.7. The van der Waals surface area contributed by atoms with Crippen LogP contribution < -0.4 is 22.7 Å². The van der Waals surface area contributed by atoms with Crippen LogP contribution in [-0.2, 0) is 31.9 Å². The molecule has 43 heavy (non-hydrogen) atoms. The molecule has 0 bridgehead atoms. The van der Waals surface area contributed by atoms with E-state index < -0.39 is 57.3 Å². The molecule has 0 aromatic carbocycles. The summed E-state index contributed by atoms with van der Waals surface area (Å²) in [6.45, 7) is -1.18. The van der Waals surface area contributed by atoms with Gasteiger partial charge in [0.2, 0.25) is 5.95 Å². The first kappa shape index (κ1) is 37.4. The van der Waals surface area contributed by atoms with Gasteiger partial charge in [-0.1, -0.05) is 0 Å². The van der Waals surface area contributed by atoms with Crippen LogP contribution in [0.5, 0.6) is 0 Å². The zero-order chi connectivity index (χ0) is 33.0. The van der Waals surface area contributed by atoms with E-state index in [0.717, 1.165) is 4.57 Å². The van der Waals surface area contributed by atoms with Gasteiger partial charge in [-0.2, -0.15) is 9.97 Å². The van der Waals surface area contributed by atoms with Crippen molar-refractivity contribution in [2.24, 2.45) is 0 Å². The van der Waals surface area contributed by atoms with Gasteiger partial charge in [0.15, 0.2) is 11.2 Å². The van der Waals surface area contributed by atoms with Crippen LogP contribution in [0.25, 0.3) is 11.2 Å². The molecule has 0 saturated heterocycles. The molecule has 0 aliphatic rings. The van der Waals surface area contributed by atoms with E-state index >= 15 is 0 Å². The molecule has 0 aliphatic carbocycles. The van der Waals surface area contributed by atoms with Crippen molar-refractivity contribution in [3.63, 3.8) is 0 Å². The third kappa shape index (κ3) is 13.5. The summed E-state index contributed by atoms with van der Waals surface area (Å²) in [6, 6.07) is 1.39. The number of rotatable bonds is 12. The Bertz CT molecular complexity index is 1540. The molecule has 3 heterocycles. The average Bonchev–Trinajstić information content (AvgIpc) is 3.31. The first-order valence-corrected chi connectivity index (χ1v) is 14.8. The Balaban J connectivity index is 0.000000354. The minimum atomic E-state index is -4.82. The minimum absolute atomic E-state index is 0.00181. The smallest absolute Gasteiger partial charge is 0.433 e. The summed E-state index contributed by atoms with van der Waals surface area (Å²) in [5, 5.41) is 34.2. The molecular formula is C18H30N8O15P2. The molecule has 0 unspecified atom stereocenters. The van der Waals surface area contributed by atoms with Crippen LogP contribution >= 0.6 is 15.2 Å². The van der Waals surface area contributed by atoms with Crippen molar-refractivity contribution in [3.05, 3.63) is 39.4 Å². The van der Waals surface area contributed by atoms with Crippen LogP contribution in [0.2, 0.25) is 0 Å². The number of aliphatic hydroxyl groups is 3. The van der Waals surface area contributed by atoms with E-state index in [2.05, 4.69) is 19.9 Å². The lowest BCUT2D eigenvalue weighted by molar-refractivity contribution is -0.0488. The van der Waals surface area contributed by atoms with Crippen LogP contribution in [0.1, 0.15) is 0 Å². The summed E-state index contributed by atoms with van der Waals surface area (Å²) in [7, 11) is -9.13. The van der Waals surface area contributed by atoms with Crippen LogP contribution in [0, 0.1) is 0 Å². The van der Waals surface area contributed by atoms with Gasteiger partial charge in [0.1, 0.15) is 25.0 Å². The molecule has 3 rings (SSSR count). The predicted molar refractivity (Wildman–Crippen MR) is 143 cm³/mol. The number of ether oxygens (including phenoxy) is 2. The van der Waals surface area contributed by atoms with Gasteiger partial charge >= 0.3 is 26.6 Å². The number of carboxylic acid groups (broad SMARTS) is 1. The van der Waals surface area contributed by atoms with E-state index in [1.807, 2.05) is 0 Å². The van der Waals surface area contributed by atoms with Gasteiger partial charge in [0.25, 0.3) is 5.56 Å². The largest absolute Gasteiger partial charge is 0.472 e. The fraction of sp³-hybridized carbons (Fsp3) is 0.444. The normalized spacial score (nSPS) is 12.3. The number of nitrogens with one attached hydrogen (secondary N) is 1. The van der Waals surface area contributed by atoms with E-state index in [9.17, 15) is 23.5 Å². The van der Waals surface area contributed by atoms with E-state index in [1.54, 1.807) is 0 Å². The Morgan fingerprint density at radius 2 is 1.56 bits per heavy atom. The SMILES string of the molecule is Nc1ccn(C[C@@H](CO)OCP(=O)(O)O)c(=O)n1.Nc1nc2c(ncn2COC(CO)CO)c(=O)[nH]1.O=C(O)P(=O)(O)O. The number of imidazole rings is 1. The van der Waals surface area contributed by atoms with E-state index in [-0.39, 0.29) is 49.4 Å². The number of carbonyl (C=O) groups is 1. The van der Waals surface area contributed by atoms with E-state index in [1.165, 1.54) is 23.2 Å². The number of hydrogen-bond donors (Lipinski definition) is 11. The maximum Gasteiger partial charge on any atom is 0.433 e. The topological polar surface area (TPSA) is 382 Å². The lowest BCUT2D eigenvalue weighted by Crippen LogP contribution is -2.32. The lowest BCUT2D eigenvalue weighted by Gasteiger charge is -2.16. The molecule has 0 spiro atoms. The number of aliphatic hydroxyl groups excluding tert-OH is 3. The Labute approximate surface area is 239 Å². The molecule has 0 radical (unpaired) electrons. The highest BCUT2D eigenvalue weighted by Crippen LogP contribution is 2.34. The van der Waals surface area contributed by atoms with Crippen molar-refractivity contribution < 1.29 is 63.4 Å². The fourth-order valence-electron chi connectivity index (χ4n) is 2.58. The number of hydrogen-bond acceptors (Lipinski definition) is 15. The van der Waals surface area contributed by atoms with Gasteiger partial charge in [-0.3, -0.25) is 23.5 Å². The summed E-state index contributed by atoms with van der Waals surface area (Å²) in [5.74, 6) is 0.0445. The molecular weight excluding hydrogens is 630 g/mol. The van der Waals surface area contributed by atoms with Crippen LogP contribution in [0.3, 0.4) is 0 Å². The number of fused-ring (bicyclic) bond motifs is 1. The van der Waals surface area contributed by atoms with Crippen LogP contribution in [-0.4, -0.2) is 113 Å². The zero-order valence-corrected chi connectivity index (χ0v) is 23.6. The fourth-order valence-corrected chi connectivity index (χ4v) is 2.99. The standard InChI is InChI=1S/C9H13N5O4.C8H14N3O6P.CH3O5P/c10-9-12-7-6(8(17)13-9)11-3-14(7)4-18-5(1-15)2-16;9-7-1-2-11(8(13)10-7)3-6(4-12)17-5-18(14,15)16;2-1(3)7(4,5)6/h3,5,15-16H,1-2,4H2,(H3,10,12,13,17);1-2,6,12H,3-5H2,(H2,9,10,13)(H2,14,15,16);(H,2,3)(H2,4,5,6)/t;6-;/m.0./s1. The number of aromatic nitrogens is 6. The maximum absolute atomic E-state index is 11.5. The number of aromatic amines is 1. The van der Waals surface area contributed by atoms with Crippen molar-refractivity contribution in [3.8, 4) is 0 Å². The van der Waals surface area contributed by atoms with Crippen LogP contribution in [0.4, 0.5) is 16.6 Å². The van der Waals surface area contributed by atoms with Crippen molar-refractivity contribution in [2.45, 2.75) is 25.5 Å². The van der Waals surface area contributed by atoms with Crippen LogP contribution in [0.15, 0.2) is 28.2 Å². The molecule has 0 fully saturated rings. The number of H-pyrrole nitrogens is 1. The van der Waals surface area contributed by atoms with Crippen molar-refractivity contribution in [2.75, 3.05) is 37.6 Å². The number of nitrogens with two attached hydrogens (primary N) is 2. The second kappa shape index (κ2) is 16.9. The summed E-state index contributed by atoms with van der Waals surface area (Å²) in [6.07, 6.45) is 0.296. The van der Waals surface area contributed by atoms with Gasteiger partial charge in [-0.15, -0.1) is 0 Å². The van der Waals surface area contributed by atoms with Gasteiger partial charge in [-0.05, 0) is 6.07 Å². The first-order valence-electron chi connectivity index (χ1n) is 11.3. The number of nitrogens with zero attached hydrogens (tertiary/aromatic N) is 5. The van der Waals surface area contributed by atoms with Gasteiger partial charge in [-0.25, -0.2) is 19.1 Å². The molecule has 13 N–H and O–H groups in total. The summed E-state index contributed by atoms with van der Waals surface area (Å²) in [5.41, 5.74) is 8.01. The van der Waals surface area contributed by atoms with Gasteiger partial charge in [0, 0.05) is 6.20 Å². The summed E-state index contributed by atoms with van der Waals surface area (Å²) < 4.78 is 32.6. The lowest BCUT2D eigenvalue weighted by atomic mass is 10.3. The predicted octanol–water partition coefficient (Wildman–Crippen LogP) is -3.79. The molecule has 0 amide bonds. The highest BCUT2D eigenvalue weighted by Gasteiger charge is 2.23. The third-order valence-electron chi connectivity index (χ3n) is 4.58. The van der Waals surface area contributed by atoms with Crippen molar-refractivity contribution >= 4 is 43.8 Å². The monoisotopic (exact) mass is 660 g/mol. The highest BCUT2D eigenvalue weighted by molar-refractivity contribution is 7.69. The minimum Gasteiger partial charge on any atom is -0.472 e. The van der Waals surface area contributed by atoms with E-state index in [4.69, 9.17) is 60.9 Å². The van der Waals surface area contributed by atoms with E-state index in [0.29, 0.717) is 0 Å². The molecule has 25 heteroatoms. The Hall–Kier alpha value is -3.60. The maximum atomic E-state index is 11.5. The number of nitrogen functional groups attached to an aromatic ring is 2.